The van der Waals surface area contributed by atoms with Crippen LogP contribution in [0.5, 0.6) is 0 Å². The number of fused-ring (bicyclic) bond motifs is 4. The maximum Gasteiger partial charge on any atom is 0.408 e. The van der Waals surface area contributed by atoms with E-state index in [1.54, 1.807) is 4.90 Å². The number of aliphatic hydroxyl groups is 1. The van der Waals surface area contributed by atoms with Gasteiger partial charge in [0.1, 0.15) is 5.69 Å². The summed E-state index contributed by atoms with van der Waals surface area (Å²) < 4.78 is 18.6. The topological polar surface area (TPSA) is 107 Å². The molecule has 2 saturated heterocycles. The van der Waals surface area contributed by atoms with E-state index in [-0.39, 0.29) is 37.0 Å². The molecule has 4 fully saturated rings. The lowest BCUT2D eigenvalue weighted by Gasteiger charge is -2.44. The van der Waals surface area contributed by atoms with Crippen molar-refractivity contribution in [1.82, 2.24) is 24.0 Å². The van der Waals surface area contributed by atoms with Gasteiger partial charge in [0.15, 0.2) is 5.67 Å². The molecule has 2 N–H and O–H groups in total. The van der Waals surface area contributed by atoms with Gasteiger partial charge in [0.2, 0.25) is 0 Å². The highest BCUT2D eigenvalue weighted by molar-refractivity contribution is 5.95. The quantitative estimate of drug-likeness (QED) is 0.273. The summed E-state index contributed by atoms with van der Waals surface area (Å²) in [5.41, 5.74) is 4.32. The van der Waals surface area contributed by atoms with Crippen molar-refractivity contribution < 1.29 is 24.2 Å². The number of alkyl halides is 1. The molecule has 2 aliphatic carbocycles. The summed E-state index contributed by atoms with van der Waals surface area (Å²) in [5.74, 6) is 0.657. The van der Waals surface area contributed by atoms with Gasteiger partial charge >= 0.3 is 6.09 Å². The van der Waals surface area contributed by atoms with Gasteiger partial charge in [0, 0.05) is 41.5 Å². The molecule has 0 radical (unpaired) electrons. The average Bonchev–Trinajstić information content (AvgIpc) is 3.35. The number of piperidine rings is 1. The molecule has 8 rings (SSSR count). The SMILES string of the molecule is Cc1c(-c2cc3ccc(N4CC(F)(CO)C4)cc3n2CC2CC2)nn2cc(C(=O)N3CC4CCC3[C@@H]4N(C(=O)O)C(C)(C)C)ccc12. The molecule has 5 heterocycles. The molecule has 47 heavy (non-hydrogen) atoms. The average molecular weight is 643 g/mol. The first-order valence-corrected chi connectivity index (χ1v) is 16.9. The van der Waals surface area contributed by atoms with Crippen molar-refractivity contribution in [2.45, 2.75) is 83.2 Å². The second kappa shape index (κ2) is 10.4. The van der Waals surface area contributed by atoms with E-state index in [1.807, 2.05) is 59.5 Å². The van der Waals surface area contributed by atoms with E-state index in [0.717, 1.165) is 58.4 Å². The van der Waals surface area contributed by atoms with Crippen LogP contribution in [0.4, 0.5) is 14.9 Å². The number of amides is 2. The first kappa shape index (κ1) is 30.2. The van der Waals surface area contributed by atoms with E-state index in [0.29, 0.717) is 18.0 Å². The van der Waals surface area contributed by atoms with Gasteiger partial charge in [-0.05, 0) is 95.5 Å². The minimum atomic E-state index is -1.54. The van der Waals surface area contributed by atoms with E-state index < -0.39 is 23.9 Å². The van der Waals surface area contributed by atoms with E-state index >= 15 is 0 Å². The molecule has 2 amide bonds. The van der Waals surface area contributed by atoms with Crippen LogP contribution >= 0.6 is 0 Å². The number of aromatic nitrogens is 3. The number of anilines is 1. The number of pyridine rings is 1. The molecule has 2 saturated carbocycles. The number of rotatable bonds is 7. The van der Waals surface area contributed by atoms with Gasteiger partial charge in [-0.1, -0.05) is 6.07 Å². The largest absolute Gasteiger partial charge is 0.465 e. The second-order valence-electron chi connectivity index (χ2n) is 15.4. The van der Waals surface area contributed by atoms with Gasteiger partial charge < -0.3 is 24.6 Å². The fraction of sp³-hybridized carbons (Fsp3) is 0.528. The number of carbonyl (C=O) groups excluding carboxylic acids is 1. The number of carbonyl (C=O) groups is 2. The summed E-state index contributed by atoms with van der Waals surface area (Å²) in [4.78, 5) is 31.7. The van der Waals surface area contributed by atoms with E-state index in [9.17, 15) is 24.2 Å². The van der Waals surface area contributed by atoms with Gasteiger partial charge in [-0.3, -0.25) is 9.69 Å². The van der Waals surface area contributed by atoms with Crippen LogP contribution in [0.2, 0.25) is 0 Å². The fourth-order valence-electron chi connectivity index (χ4n) is 8.47. The van der Waals surface area contributed by atoms with Crippen LogP contribution < -0.4 is 4.90 Å². The van der Waals surface area contributed by atoms with Crippen LogP contribution in [0.3, 0.4) is 0 Å². The molecule has 10 nitrogen and oxygen atoms in total. The Balaban J connectivity index is 1.12. The van der Waals surface area contributed by atoms with E-state index in [2.05, 4.69) is 29.7 Å². The van der Waals surface area contributed by atoms with Crippen LogP contribution in [0.15, 0.2) is 42.6 Å². The molecule has 4 aliphatic rings. The summed E-state index contributed by atoms with van der Waals surface area (Å²) >= 11 is 0. The molecule has 2 unspecified atom stereocenters. The number of aliphatic hydroxyl groups excluding tert-OH is 1. The number of halogens is 1. The lowest BCUT2D eigenvalue weighted by Crippen LogP contribution is -2.61. The second-order valence-corrected chi connectivity index (χ2v) is 15.4. The molecular formula is C36H43FN6O4. The molecule has 0 spiro atoms. The first-order chi connectivity index (χ1) is 22.3. The van der Waals surface area contributed by atoms with Crippen LogP contribution in [-0.2, 0) is 6.54 Å². The molecule has 2 bridgehead atoms. The third-order valence-electron chi connectivity index (χ3n) is 11.0. The van der Waals surface area contributed by atoms with Crippen LogP contribution in [-0.4, -0.2) is 95.7 Å². The molecular weight excluding hydrogens is 599 g/mol. The van der Waals surface area contributed by atoms with Crippen molar-refractivity contribution >= 4 is 34.1 Å². The summed E-state index contributed by atoms with van der Waals surface area (Å²) in [6, 6.07) is 11.9. The first-order valence-electron chi connectivity index (χ1n) is 16.9. The number of nitrogens with zero attached hydrogens (tertiary/aromatic N) is 6. The third-order valence-corrected chi connectivity index (χ3v) is 11.0. The Labute approximate surface area is 273 Å². The number of hydrogen-bond donors (Lipinski definition) is 2. The Morgan fingerprint density at radius 1 is 1.06 bits per heavy atom. The Hall–Kier alpha value is -4.12. The Morgan fingerprint density at radius 3 is 2.51 bits per heavy atom. The normalized spacial score (nSPS) is 23.6. The minimum Gasteiger partial charge on any atom is -0.465 e. The highest BCUT2D eigenvalue weighted by atomic mass is 19.1. The van der Waals surface area contributed by atoms with Crippen molar-refractivity contribution in [2.75, 3.05) is 31.1 Å². The zero-order valence-corrected chi connectivity index (χ0v) is 27.5. The molecule has 11 heteroatoms. The van der Waals surface area contributed by atoms with Crippen molar-refractivity contribution in [1.29, 1.82) is 0 Å². The smallest absolute Gasteiger partial charge is 0.408 e. The minimum absolute atomic E-state index is 0.0853. The van der Waals surface area contributed by atoms with Gasteiger partial charge in [-0.25, -0.2) is 13.7 Å². The predicted octanol–water partition coefficient (Wildman–Crippen LogP) is 5.58. The number of hydrogen-bond acceptors (Lipinski definition) is 5. The van der Waals surface area contributed by atoms with Crippen molar-refractivity contribution in [3.8, 4) is 11.4 Å². The van der Waals surface area contributed by atoms with E-state index in [1.165, 1.54) is 12.8 Å². The van der Waals surface area contributed by atoms with Crippen molar-refractivity contribution in [2.24, 2.45) is 11.8 Å². The monoisotopic (exact) mass is 642 g/mol. The van der Waals surface area contributed by atoms with Gasteiger partial charge in [-0.15, -0.1) is 0 Å². The van der Waals surface area contributed by atoms with Gasteiger partial charge in [-0.2, -0.15) is 5.10 Å². The molecule has 4 aromatic rings. The van der Waals surface area contributed by atoms with E-state index in [4.69, 9.17) is 5.10 Å². The third kappa shape index (κ3) is 4.88. The maximum atomic E-state index is 14.5. The molecule has 1 aromatic carbocycles. The number of carboxylic acid groups (broad SMARTS) is 1. The van der Waals surface area contributed by atoms with Crippen LogP contribution in [0, 0.1) is 18.8 Å². The summed E-state index contributed by atoms with van der Waals surface area (Å²) in [6.45, 7) is 9.16. The summed E-state index contributed by atoms with van der Waals surface area (Å²) in [7, 11) is 0. The Bertz CT molecular complexity index is 1920. The standard InChI is InChI=1S/C36H43FN6O4/c1-21-27-11-9-25(33(45)41-16-24-8-12-28(41)32(24)43(34(46)47)35(2,3)4)17-42(27)38-31(21)30-13-23-7-10-26(39-18-36(37,19-39)20-44)14-29(23)40(30)15-22-5-6-22/h7,9-11,13-14,17,22,24,28,32,44H,5-6,8,12,15-16,18-20H2,1-4H3,(H,46,47)/t24?,28?,32-/m1/s1. The Kier molecular flexibility index (Phi) is 6.71. The summed E-state index contributed by atoms with van der Waals surface area (Å²) in [5, 5.41) is 25.6. The fourth-order valence-corrected chi connectivity index (χ4v) is 8.47. The van der Waals surface area contributed by atoms with Crippen LogP contribution in [0.1, 0.15) is 62.4 Å². The van der Waals surface area contributed by atoms with Gasteiger partial charge in [0.25, 0.3) is 5.91 Å². The van der Waals surface area contributed by atoms with Crippen molar-refractivity contribution in [3.63, 3.8) is 0 Å². The zero-order chi connectivity index (χ0) is 33.0. The van der Waals surface area contributed by atoms with Gasteiger partial charge in [0.05, 0.1) is 54.1 Å². The van der Waals surface area contributed by atoms with Crippen molar-refractivity contribution in [3.05, 3.63) is 53.7 Å². The zero-order valence-electron chi connectivity index (χ0n) is 27.5. The highest BCUT2D eigenvalue weighted by Gasteiger charge is 2.54. The molecule has 248 valence electrons. The molecule has 3 aromatic heterocycles. The summed E-state index contributed by atoms with van der Waals surface area (Å²) in [6.07, 6.45) is 4.99. The number of benzene rings is 1. The van der Waals surface area contributed by atoms with Crippen LogP contribution in [0.25, 0.3) is 27.8 Å². The number of likely N-dealkylation sites (tertiary alicyclic amines) is 1. The number of aryl methyl sites for hydroxylation is 1. The maximum absolute atomic E-state index is 14.5. The predicted molar refractivity (Wildman–Crippen MR) is 178 cm³/mol. The highest BCUT2D eigenvalue weighted by Crippen LogP contribution is 2.44. The Morgan fingerprint density at radius 2 is 1.83 bits per heavy atom. The molecule has 3 atom stereocenters. The lowest BCUT2D eigenvalue weighted by molar-refractivity contribution is 0.0445. The molecule has 2 aliphatic heterocycles. The lowest BCUT2D eigenvalue weighted by atomic mass is 9.96.